The number of benzene rings is 2. The molecule has 0 N–H and O–H groups in total. The number of hydrogen-bond acceptors (Lipinski definition) is 1. The minimum atomic E-state index is -0.873. The van der Waals surface area contributed by atoms with Gasteiger partial charge in [0.25, 0.3) is 5.24 Å². The van der Waals surface area contributed by atoms with Gasteiger partial charge in [-0.15, -0.1) is 0 Å². The fourth-order valence-electron chi connectivity index (χ4n) is 1.59. The van der Waals surface area contributed by atoms with E-state index < -0.39 is 16.9 Å². The van der Waals surface area contributed by atoms with Gasteiger partial charge in [0, 0.05) is 0 Å². The van der Waals surface area contributed by atoms with E-state index >= 15 is 0 Å². The summed E-state index contributed by atoms with van der Waals surface area (Å²) in [6.07, 6.45) is 0. The first kappa shape index (κ1) is 11.7. The van der Waals surface area contributed by atoms with Crippen LogP contribution in [0.2, 0.25) is 0 Å². The third-order valence-electron chi connectivity index (χ3n) is 2.37. The van der Waals surface area contributed by atoms with Gasteiger partial charge >= 0.3 is 0 Å². The summed E-state index contributed by atoms with van der Waals surface area (Å²) in [5.41, 5.74) is 0.695. The van der Waals surface area contributed by atoms with Crippen LogP contribution in [0.5, 0.6) is 0 Å². The van der Waals surface area contributed by atoms with Gasteiger partial charge in [-0.25, -0.2) is 8.78 Å². The van der Waals surface area contributed by atoms with Crippen molar-refractivity contribution < 1.29 is 13.6 Å². The minimum absolute atomic E-state index is 0.194. The molecule has 0 spiro atoms. The molecular formula is C13H7ClF2O. The molecule has 0 atom stereocenters. The average molecular weight is 253 g/mol. The van der Waals surface area contributed by atoms with Gasteiger partial charge in [0.2, 0.25) is 0 Å². The first-order chi connectivity index (χ1) is 8.09. The fraction of sp³-hybridized carbons (Fsp3) is 0. The van der Waals surface area contributed by atoms with E-state index in [9.17, 15) is 13.6 Å². The Balaban J connectivity index is 2.63. The third-order valence-corrected chi connectivity index (χ3v) is 2.55. The Kier molecular flexibility index (Phi) is 3.20. The van der Waals surface area contributed by atoms with E-state index in [0.717, 1.165) is 6.07 Å². The molecule has 1 nitrogen and oxygen atoms in total. The molecule has 0 saturated carbocycles. The molecule has 86 valence electrons. The van der Waals surface area contributed by atoms with Crippen molar-refractivity contribution in [3.05, 3.63) is 59.7 Å². The second-order valence-corrected chi connectivity index (χ2v) is 3.79. The van der Waals surface area contributed by atoms with Crippen LogP contribution in [0.1, 0.15) is 10.4 Å². The van der Waals surface area contributed by atoms with Crippen molar-refractivity contribution >= 4 is 16.8 Å². The van der Waals surface area contributed by atoms with Gasteiger partial charge in [-0.1, -0.05) is 24.3 Å². The van der Waals surface area contributed by atoms with Gasteiger partial charge in [-0.05, 0) is 40.9 Å². The molecule has 0 radical (unpaired) electrons. The lowest BCUT2D eigenvalue weighted by atomic mass is 10.00. The summed E-state index contributed by atoms with van der Waals surface area (Å²) in [5.74, 6) is -1.09. The van der Waals surface area contributed by atoms with Crippen molar-refractivity contribution in [3.8, 4) is 11.1 Å². The van der Waals surface area contributed by atoms with E-state index in [4.69, 9.17) is 11.6 Å². The first-order valence-electron chi connectivity index (χ1n) is 4.84. The zero-order valence-corrected chi connectivity index (χ0v) is 9.34. The molecule has 2 rings (SSSR count). The van der Waals surface area contributed by atoms with Gasteiger partial charge in [0.05, 0.1) is 5.56 Å². The molecule has 0 aliphatic rings. The van der Waals surface area contributed by atoms with E-state index in [-0.39, 0.29) is 5.56 Å². The molecular weight excluding hydrogens is 246 g/mol. The summed E-state index contributed by atoms with van der Waals surface area (Å²) in [4.78, 5) is 11.2. The van der Waals surface area contributed by atoms with Crippen LogP contribution >= 0.6 is 11.6 Å². The molecule has 0 aliphatic heterocycles. The Morgan fingerprint density at radius 3 is 2.24 bits per heavy atom. The molecule has 0 aromatic heterocycles. The number of rotatable bonds is 2. The topological polar surface area (TPSA) is 17.1 Å². The Morgan fingerprint density at radius 1 is 1.00 bits per heavy atom. The van der Waals surface area contributed by atoms with Crippen LogP contribution in [0.4, 0.5) is 8.78 Å². The number of hydrogen-bond donors (Lipinski definition) is 0. The van der Waals surface area contributed by atoms with Gasteiger partial charge in [0.1, 0.15) is 11.6 Å². The normalized spacial score (nSPS) is 10.3. The van der Waals surface area contributed by atoms with Crippen LogP contribution in [0.3, 0.4) is 0 Å². The summed E-state index contributed by atoms with van der Waals surface area (Å²) >= 11 is 5.34. The molecule has 2 aromatic carbocycles. The van der Waals surface area contributed by atoms with Crippen LogP contribution in [-0.4, -0.2) is 5.24 Å². The van der Waals surface area contributed by atoms with Crippen LogP contribution in [-0.2, 0) is 0 Å². The van der Waals surface area contributed by atoms with Gasteiger partial charge in [-0.3, -0.25) is 4.79 Å². The minimum Gasteiger partial charge on any atom is -0.275 e. The maximum Gasteiger partial charge on any atom is 0.255 e. The summed E-state index contributed by atoms with van der Waals surface area (Å²) in [6.45, 7) is 0. The smallest absolute Gasteiger partial charge is 0.255 e. The zero-order valence-electron chi connectivity index (χ0n) is 8.58. The molecule has 0 heterocycles. The van der Waals surface area contributed by atoms with Crippen molar-refractivity contribution in [2.45, 2.75) is 0 Å². The molecule has 0 aliphatic carbocycles. The summed E-state index contributed by atoms with van der Waals surface area (Å²) < 4.78 is 26.3. The summed E-state index contributed by atoms with van der Waals surface area (Å²) in [6, 6.07) is 9.60. The molecule has 0 unspecified atom stereocenters. The zero-order chi connectivity index (χ0) is 12.4. The van der Waals surface area contributed by atoms with E-state index in [1.165, 1.54) is 30.3 Å². The SMILES string of the molecule is O=C(Cl)c1c(F)cccc1-c1ccc(F)cc1. The Hall–Kier alpha value is -1.74. The molecule has 0 amide bonds. The van der Waals surface area contributed by atoms with Crippen molar-refractivity contribution in [1.82, 2.24) is 0 Å². The van der Waals surface area contributed by atoms with Gasteiger partial charge in [-0.2, -0.15) is 0 Å². The largest absolute Gasteiger partial charge is 0.275 e. The lowest BCUT2D eigenvalue weighted by Crippen LogP contribution is -1.98. The lowest BCUT2D eigenvalue weighted by molar-refractivity contribution is 0.107. The van der Waals surface area contributed by atoms with Crippen molar-refractivity contribution in [2.75, 3.05) is 0 Å². The molecule has 0 fully saturated rings. The highest BCUT2D eigenvalue weighted by atomic mass is 35.5. The monoisotopic (exact) mass is 252 g/mol. The molecule has 4 heteroatoms. The number of halogens is 3. The molecule has 2 aromatic rings. The van der Waals surface area contributed by atoms with Crippen molar-refractivity contribution in [2.24, 2.45) is 0 Å². The van der Waals surface area contributed by atoms with E-state index in [2.05, 4.69) is 0 Å². The second kappa shape index (κ2) is 4.63. The highest BCUT2D eigenvalue weighted by Gasteiger charge is 2.15. The number of carbonyl (C=O) groups excluding carboxylic acids is 1. The van der Waals surface area contributed by atoms with E-state index in [1.807, 2.05) is 0 Å². The highest BCUT2D eigenvalue weighted by molar-refractivity contribution is 6.68. The number of carbonyl (C=O) groups is 1. The lowest BCUT2D eigenvalue weighted by Gasteiger charge is -2.07. The molecule has 0 saturated heterocycles. The van der Waals surface area contributed by atoms with Crippen LogP contribution in [0, 0.1) is 11.6 Å². The Bertz CT molecular complexity index is 564. The third kappa shape index (κ3) is 2.34. The van der Waals surface area contributed by atoms with E-state index in [0.29, 0.717) is 11.1 Å². The second-order valence-electron chi connectivity index (χ2n) is 3.44. The average Bonchev–Trinajstić information content (AvgIpc) is 2.29. The standard InChI is InChI=1S/C13H7ClF2O/c14-13(17)12-10(2-1-3-11(12)16)8-4-6-9(15)7-5-8/h1-7H. The maximum absolute atomic E-state index is 13.5. The van der Waals surface area contributed by atoms with Crippen molar-refractivity contribution in [1.29, 1.82) is 0 Å². The van der Waals surface area contributed by atoms with Crippen LogP contribution in [0.15, 0.2) is 42.5 Å². The van der Waals surface area contributed by atoms with Gasteiger partial charge in [0.15, 0.2) is 0 Å². The maximum atomic E-state index is 13.5. The molecule has 17 heavy (non-hydrogen) atoms. The van der Waals surface area contributed by atoms with Crippen LogP contribution < -0.4 is 0 Å². The predicted molar refractivity (Wildman–Crippen MR) is 62.0 cm³/mol. The highest BCUT2D eigenvalue weighted by Crippen LogP contribution is 2.27. The molecule has 0 bridgehead atoms. The summed E-state index contributed by atoms with van der Waals surface area (Å²) in [5, 5.41) is -0.873. The Labute approximate surface area is 102 Å². The Morgan fingerprint density at radius 2 is 1.65 bits per heavy atom. The van der Waals surface area contributed by atoms with E-state index in [1.54, 1.807) is 6.07 Å². The fourth-order valence-corrected chi connectivity index (χ4v) is 1.79. The predicted octanol–water partition coefficient (Wildman–Crippen LogP) is 4.01. The van der Waals surface area contributed by atoms with Gasteiger partial charge < -0.3 is 0 Å². The van der Waals surface area contributed by atoms with Crippen LogP contribution in [0.25, 0.3) is 11.1 Å². The summed E-state index contributed by atoms with van der Waals surface area (Å²) in [7, 11) is 0. The first-order valence-corrected chi connectivity index (χ1v) is 5.21. The van der Waals surface area contributed by atoms with Crippen molar-refractivity contribution in [3.63, 3.8) is 0 Å². The quantitative estimate of drug-likeness (QED) is 0.738.